The maximum atomic E-state index is 4.93. The van der Waals surface area contributed by atoms with E-state index in [1.54, 1.807) is 6.20 Å². The second-order valence-electron chi connectivity index (χ2n) is 7.09. The third-order valence-corrected chi connectivity index (χ3v) is 4.93. The molecule has 0 fully saturated rings. The first kappa shape index (κ1) is 17.3. The third kappa shape index (κ3) is 2.77. The Kier molecular flexibility index (Phi) is 3.98. The van der Waals surface area contributed by atoms with Crippen molar-refractivity contribution in [1.29, 1.82) is 0 Å². The van der Waals surface area contributed by atoms with Gasteiger partial charge in [-0.1, -0.05) is 6.07 Å². The van der Waals surface area contributed by atoms with Gasteiger partial charge in [0.15, 0.2) is 11.5 Å². The number of fused-ring (bicyclic) bond motifs is 1. The van der Waals surface area contributed by atoms with Crippen molar-refractivity contribution in [2.24, 2.45) is 14.1 Å². The fraction of sp³-hybridized carbons (Fsp3) is 0.286. The fourth-order valence-corrected chi connectivity index (χ4v) is 3.58. The monoisotopic (exact) mass is 359 g/mol. The Hall–Kier alpha value is -3.15. The van der Waals surface area contributed by atoms with Gasteiger partial charge < -0.3 is 4.57 Å². The molecule has 136 valence electrons. The lowest BCUT2D eigenvalue weighted by molar-refractivity contribution is -0.663. The number of rotatable bonds is 2. The predicted molar refractivity (Wildman–Crippen MR) is 105 cm³/mol. The quantitative estimate of drug-likeness (QED) is 0.516. The number of hydrogen-bond acceptors (Lipinski definition) is 4. The van der Waals surface area contributed by atoms with Crippen LogP contribution in [0.25, 0.3) is 34.1 Å². The van der Waals surface area contributed by atoms with Gasteiger partial charge in [0.1, 0.15) is 17.7 Å². The first-order chi connectivity index (χ1) is 12.9. The van der Waals surface area contributed by atoms with Crippen LogP contribution in [0.5, 0.6) is 0 Å². The van der Waals surface area contributed by atoms with Crippen molar-refractivity contribution in [1.82, 2.24) is 24.5 Å². The molecule has 1 aromatic carbocycles. The third-order valence-electron chi connectivity index (χ3n) is 4.93. The molecule has 0 saturated heterocycles. The standard InChI is InChI=1S/C21H23N6/c1-12-10-13(2)17-16(11-12)27(6)21(25-17)19-14(3)18(23-15(4)24-19)20-22-8-7-9-26(20)5/h7-11H,1-6H3/q+1. The van der Waals surface area contributed by atoms with Gasteiger partial charge in [-0.2, -0.15) is 0 Å². The first-order valence-corrected chi connectivity index (χ1v) is 8.97. The van der Waals surface area contributed by atoms with E-state index < -0.39 is 0 Å². The molecule has 0 aliphatic heterocycles. The minimum absolute atomic E-state index is 0.705. The maximum absolute atomic E-state index is 4.93. The van der Waals surface area contributed by atoms with Gasteiger partial charge in [-0.15, -0.1) is 0 Å². The average Bonchev–Trinajstić information content (AvgIpc) is 2.94. The van der Waals surface area contributed by atoms with Crippen LogP contribution in [0, 0.1) is 27.7 Å². The van der Waals surface area contributed by atoms with Crippen LogP contribution >= 0.6 is 0 Å². The largest absolute Gasteiger partial charge is 0.348 e. The number of nitrogens with zero attached hydrogens (tertiary/aromatic N) is 6. The van der Waals surface area contributed by atoms with Crippen molar-refractivity contribution >= 4 is 11.0 Å². The van der Waals surface area contributed by atoms with Crippen molar-refractivity contribution in [2.45, 2.75) is 27.7 Å². The van der Waals surface area contributed by atoms with Crippen molar-refractivity contribution in [3.8, 4) is 23.0 Å². The molecular formula is C21H23N6+. The second kappa shape index (κ2) is 6.23. The van der Waals surface area contributed by atoms with E-state index in [9.17, 15) is 0 Å². The summed E-state index contributed by atoms with van der Waals surface area (Å²) in [5.41, 5.74) is 7.18. The molecule has 0 radical (unpaired) electrons. The molecule has 4 aromatic rings. The van der Waals surface area contributed by atoms with Crippen molar-refractivity contribution in [3.05, 3.63) is 53.1 Å². The van der Waals surface area contributed by atoms with Crippen LogP contribution in [-0.4, -0.2) is 24.5 Å². The fourth-order valence-electron chi connectivity index (χ4n) is 3.58. The van der Waals surface area contributed by atoms with E-state index in [1.165, 1.54) is 11.1 Å². The molecule has 0 spiro atoms. The van der Waals surface area contributed by atoms with Gasteiger partial charge in [-0.25, -0.2) is 19.5 Å². The van der Waals surface area contributed by atoms with E-state index in [0.29, 0.717) is 5.82 Å². The van der Waals surface area contributed by atoms with E-state index >= 15 is 0 Å². The Morgan fingerprint density at radius 2 is 1.70 bits per heavy atom. The van der Waals surface area contributed by atoms with Crippen LogP contribution in [-0.2, 0) is 14.1 Å². The molecule has 0 aliphatic rings. The summed E-state index contributed by atoms with van der Waals surface area (Å²) >= 11 is 0. The van der Waals surface area contributed by atoms with Crippen LogP contribution in [0.2, 0.25) is 0 Å². The topological polar surface area (TPSA) is 60.4 Å². The molecule has 6 nitrogen and oxygen atoms in total. The Bertz CT molecular complexity index is 1190. The van der Waals surface area contributed by atoms with Crippen LogP contribution in [0.1, 0.15) is 22.5 Å². The Balaban J connectivity index is 2.01. The molecule has 0 N–H and O–H groups in total. The second-order valence-corrected chi connectivity index (χ2v) is 7.09. The summed E-state index contributed by atoms with van der Waals surface area (Å²) in [4.78, 5) is 18.9. The van der Waals surface area contributed by atoms with E-state index in [4.69, 9.17) is 9.97 Å². The minimum atomic E-state index is 0.705. The highest BCUT2D eigenvalue weighted by Crippen LogP contribution is 2.30. The first-order valence-electron chi connectivity index (χ1n) is 8.97. The molecule has 27 heavy (non-hydrogen) atoms. The average molecular weight is 359 g/mol. The van der Waals surface area contributed by atoms with Gasteiger partial charge in [-0.3, -0.25) is 0 Å². The van der Waals surface area contributed by atoms with Crippen LogP contribution in [0.4, 0.5) is 0 Å². The molecule has 0 saturated carbocycles. The van der Waals surface area contributed by atoms with Crippen molar-refractivity contribution in [3.63, 3.8) is 0 Å². The molecular weight excluding hydrogens is 336 g/mol. The van der Waals surface area contributed by atoms with Gasteiger partial charge in [-0.05, 0) is 49.9 Å². The van der Waals surface area contributed by atoms with Crippen molar-refractivity contribution < 1.29 is 4.57 Å². The van der Waals surface area contributed by atoms with E-state index in [0.717, 1.165) is 39.6 Å². The number of benzene rings is 1. The summed E-state index contributed by atoms with van der Waals surface area (Å²) in [6.07, 6.45) is 3.76. The van der Waals surface area contributed by atoms with E-state index in [2.05, 4.69) is 40.5 Å². The molecule has 0 aliphatic carbocycles. The molecule has 4 rings (SSSR count). The smallest absolute Gasteiger partial charge is 0.326 e. The molecule has 0 unspecified atom stereocenters. The SMILES string of the molecule is Cc1cc(C)c2nc(-c3nc(C)nc(-c4nccc[n+]4C)c3C)n(C)c2c1. The molecule has 6 heteroatoms. The highest BCUT2D eigenvalue weighted by molar-refractivity contribution is 5.84. The van der Waals surface area contributed by atoms with E-state index in [1.807, 2.05) is 44.8 Å². The zero-order valence-electron chi connectivity index (χ0n) is 16.6. The van der Waals surface area contributed by atoms with Gasteiger partial charge in [0, 0.05) is 18.7 Å². The summed E-state index contributed by atoms with van der Waals surface area (Å²) in [7, 11) is 4.01. The van der Waals surface area contributed by atoms with Gasteiger partial charge in [0.05, 0.1) is 24.3 Å². The van der Waals surface area contributed by atoms with Crippen LogP contribution in [0.3, 0.4) is 0 Å². The molecule has 0 amide bonds. The Labute approximate surface area is 158 Å². The molecule has 0 atom stereocenters. The lowest BCUT2D eigenvalue weighted by Gasteiger charge is -2.09. The number of imidazole rings is 1. The Morgan fingerprint density at radius 3 is 2.44 bits per heavy atom. The highest BCUT2D eigenvalue weighted by atomic mass is 15.1. The normalized spacial score (nSPS) is 11.3. The highest BCUT2D eigenvalue weighted by Gasteiger charge is 2.23. The lowest BCUT2D eigenvalue weighted by atomic mass is 10.1. The van der Waals surface area contributed by atoms with Gasteiger partial charge in [0.25, 0.3) is 0 Å². The minimum Gasteiger partial charge on any atom is -0.326 e. The zero-order chi connectivity index (χ0) is 19.3. The summed E-state index contributed by atoms with van der Waals surface area (Å²) in [6, 6.07) is 6.24. The maximum Gasteiger partial charge on any atom is 0.348 e. The number of aromatic nitrogens is 6. The molecule has 3 heterocycles. The number of hydrogen-bond donors (Lipinski definition) is 0. The van der Waals surface area contributed by atoms with Gasteiger partial charge in [0.2, 0.25) is 0 Å². The van der Waals surface area contributed by atoms with Crippen molar-refractivity contribution in [2.75, 3.05) is 0 Å². The zero-order valence-corrected chi connectivity index (χ0v) is 16.6. The predicted octanol–water partition coefficient (Wildman–Crippen LogP) is 3.15. The lowest BCUT2D eigenvalue weighted by Crippen LogP contribution is -2.32. The molecule has 0 bridgehead atoms. The van der Waals surface area contributed by atoms with E-state index in [-0.39, 0.29) is 0 Å². The summed E-state index contributed by atoms with van der Waals surface area (Å²) in [5.74, 6) is 2.37. The summed E-state index contributed by atoms with van der Waals surface area (Å²) in [5, 5.41) is 0. The summed E-state index contributed by atoms with van der Waals surface area (Å²) in [6.45, 7) is 8.16. The van der Waals surface area contributed by atoms with Crippen LogP contribution in [0.15, 0.2) is 30.6 Å². The molecule has 3 aromatic heterocycles. The summed E-state index contributed by atoms with van der Waals surface area (Å²) < 4.78 is 4.09. The van der Waals surface area contributed by atoms with Gasteiger partial charge >= 0.3 is 5.82 Å². The van der Waals surface area contributed by atoms with Crippen LogP contribution < -0.4 is 4.57 Å². The number of aryl methyl sites for hydroxylation is 5. The Morgan fingerprint density at radius 1 is 0.963 bits per heavy atom.